The summed E-state index contributed by atoms with van der Waals surface area (Å²) in [5.41, 5.74) is 0.953. The molecule has 74 valence electrons. The van der Waals surface area contributed by atoms with Gasteiger partial charge in [-0.25, -0.2) is 0 Å². The van der Waals surface area contributed by atoms with Crippen LogP contribution in [0.15, 0.2) is 24.5 Å². The van der Waals surface area contributed by atoms with E-state index in [1.807, 2.05) is 12.1 Å². The Balaban J connectivity index is 2.25. The maximum atomic E-state index is 10.8. The number of carboxylic acids is 1. The first kappa shape index (κ1) is 9.19. The molecule has 0 spiro atoms. The zero-order chi connectivity index (χ0) is 10.0. The molecule has 1 aromatic heterocycles. The van der Waals surface area contributed by atoms with Gasteiger partial charge >= 0.3 is 5.97 Å². The molecule has 0 amide bonds. The summed E-state index contributed by atoms with van der Waals surface area (Å²) in [5, 5.41) is 8.86. The second-order valence-corrected chi connectivity index (χ2v) is 3.95. The van der Waals surface area contributed by atoms with Crippen molar-refractivity contribution in [3.8, 4) is 0 Å². The van der Waals surface area contributed by atoms with Gasteiger partial charge in [-0.05, 0) is 24.5 Å². The molecular formula is C11H13NO2. The summed E-state index contributed by atoms with van der Waals surface area (Å²) in [4.78, 5) is 14.8. The Morgan fingerprint density at radius 2 is 2.36 bits per heavy atom. The second-order valence-electron chi connectivity index (χ2n) is 3.95. The minimum atomic E-state index is -0.714. The van der Waals surface area contributed by atoms with Gasteiger partial charge in [-0.1, -0.05) is 12.5 Å². The van der Waals surface area contributed by atoms with Gasteiger partial charge in [0.15, 0.2) is 0 Å². The number of nitrogens with zero attached hydrogens (tertiary/aromatic N) is 1. The normalized spacial score (nSPS) is 18.6. The maximum Gasteiger partial charge on any atom is 0.304 e. The Kier molecular flexibility index (Phi) is 2.23. The smallest absolute Gasteiger partial charge is 0.304 e. The number of pyridine rings is 1. The topological polar surface area (TPSA) is 50.2 Å². The van der Waals surface area contributed by atoms with Crippen molar-refractivity contribution in [1.29, 1.82) is 0 Å². The summed E-state index contributed by atoms with van der Waals surface area (Å²) in [5.74, 6) is -0.714. The fourth-order valence-corrected chi connectivity index (χ4v) is 2.14. The highest BCUT2D eigenvalue weighted by atomic mass is 16.4. The van der Waals surface area contributed by atoms with Crippen molar-refractivity contribution in [2.75, 3.05) is 0 Å². The number of hydrogen-bond acceptors (Lipinski definition) is 2. The van der Waals surface area contributed by atoms with Crippen molar-refractivity contribution in [3.05, 3.63) is 30.1 Å². The molecule has 0 saturated heterocycles. The van der Waals surface area contributed by atoms with Crippen LogP contribution in [-0.2, 0) is 10.2 Å². The zero-order valence-electron chi connectivity index (χ0n) is 7.94. The summed E-state index contributed by atoms with van der Waals surface area (Å²) in [6.07, 6.45) is 6.83. The molecule has 0 radical (unpaired) electrons. The van der Waals surface area contributed by atoms with Crippen LogP contribution in [0.2, 0.25) is 0 Å². The lowest BCUT2D eigenvalue weighted by atomic mass is 9.63. The van der Waals surface area contributed by atoms with Crippen molar-refractivity contribution in [3.63, 3.8) is 0 Å². The molecule has 1 fully saturated rings. The molecule has 1 heterocycles. The fraction of sp³-hybridized carbons (Fsp3) is 0.455. The zero-order valence-corrected chi connectivity index (χ0v) is 7.94. The van der Waals surface area contributed by atoms with Crippen LogP contribution in [0.4, 0.5) is 0 Å². The van der Waals surface area contributed by atoms with Crippen LogP contribution in [0.25, 0.3) is 0 Å². The SMILES string of the molecule is O=C(O)CC1(c2cccnc2)CCC1. The molecule has 0 unspecified atom stereocenters. The van der Waals surface area contributed by atoms with E-state index in [2.05, 4.69) is 4.98 Å². The van der Waals surface area contributed by atoms with Gasteiger partial charge in [0.2, 0.25) is 0 Å². The van der Waals surface area contributed by atoms with Crippen LogP contribution in [0.3, 0.4) is 0 Å². The number of carbonyl (C=O) groups is 1. The molecule has 2 rings (SSSR count). The predicted molar refractivity (Wildman–Crippen MR) is 52.0 cm³/mol. The average Bonchev–Trinajstić information content (AvgIpc) is 2.12. The fourth-order valence-electron chi connectivity index (χ4n) is 2.14. The minimum Gasteiger partial charge on any atom is -0.481 e. The number of hydrogen-bond donors (Lipinski definition) is 1. The Labute approximate surface area is 82.8 Å². The van der Waals surface area contributed by atoms with Crippen molar-refractivity contribution in [2.45, 2.75) is 31.1 Å². The van der Waals surface area contributed by atoms with E-state index in [0.29, 0.717) is 0 Å². The lowest BCUT2D eigenvalue weighted by Gasteiger charge is -2.41. The van der Waals surface area contributed by atoms with E-state index >= 15 is 0 Å². The van der Waals surface area contributed by atoms with Gasteiger partial charge in [0, 0.05) is 17.8 Å². The van der Waals surface area contributed by atoms with Crippen molar-refractivity contribution >= 4 is 5.97 Å². The maximum absolute atomic E-state index is 10.8. The van der Waals surface area contributed by atoms with Crippen molar-refractivity contribution < 1.29 is 9.90 Å². The van der Waals surface area contributed by atoms with Gasteiger partial charge in [-0.3, -0.25) is 9.78 Å². The molecule has 0 aromatic carbocycles. The van der Waals surface area contributed by atoms with E-state index in [0.717, 1.165) is 24.8 Å². The van der Waals surface area contributed by atoms with Gasteiger partial charge in [0.25, 0.3) is 0 Å². The lowest BCUT2D eigenvalue weighted by molar-refractivity contribution is -0.139. The van der Waals surface area contributed by atoms with Crippen LogP contribution in [0, 0.1) is 0 Å². The molecule has 0 bridgehead atoms. The van der Waals surface area contributed by atoms with Crippen molar-refractivity contribution in [2.24, 2.45) is 0 Å². The Morgan fingerprint density at radius 3 is 2.79 bits per heavy atom. The van der Waals surface area contributed by atoms with E-state index in [9.17, 15) is 4.79 Å². The third-order valence-electron chi connectivity index (χ3n) is 3.07. The highest BCUT2D eigenvalue weighted by molar-refractivity contribution is 5.69. The first-order valence-corrected chi connectivity index (χ1v) is 4.85. The third kappa shape index (κ3) is 1.50. The van der Waals surface area contributed by atoms with E-state index in [-0.39, 0.29) is 11.8 Å². The molecule has 1 aliphatic rings. The van der Waals surface area contributed by atoms with E-state index in [1.54, 1.807) is 12.4 Å². The van der Waals surface area contributed by atoms with Gasteiger partial charge in [-0.2, -0.15) is 0 Å². The van der Waals surface area contributed by atoms with Gasteiger partial charge in [-0.15, -0.1) is 0 Å². The first-order valence-electron chi connectivity index (χ1n) is 4.85. The lowest BCUT2D eigenvalue weighted by Crippen LogP contribution is -2.36. The Bertz CT molecular complexity index is 330. The number of rotatable bonds is 3. The number of aliphatic carboxylic acids is 1. The van der Waals surface area contributed by atoms with Gasteiger partial charge in [0.05, 0.1) is 6.42 Å². The van der Waals surface area contributed by atoms with Crippen LogP contribution in [0.1, 0.15) is 31.2 Å². The molecule has 14 heavy (non-hydrogen) atoms. The second kappa shape index (κ2) is 3.40. The van der Waals surface area contributed by atoms with Crippen LogP contribution in [0.5, 0.6) is 0 Å². The highest BCUT2D eigenvalue weighted by Gasteiger charge is 2.40. The summed E-state index contributed by atoms with van der Waals surface area (Å²) in [6.45, 7) is 0. The predicted octanol–water partition coefficient (Wildman–Crippen LogP) is 1.98. The summed E-state index contributed by atoms with van der Waals surface area (Å²) in [6, 6.07) is 3.85. The Morgan fingerprint density at radius 1 is 1.57 bits per heavy atom. The van der Waals surface area contributed by atoms with Crippen LogP contribution >= 0.6 is 0 Å². The average molecular weight is 191 g/mol. The van der Waals surface area contributed by atoms with E-state index in [4.69, 9.17) is 5.11 Å². The number of carboxylic acid groups (broad SMARTS) is 1. The molecular weight excluding hydrogens is 178 g/mol. The number of aromatic nitrogens is 1. The molecule has 1 saturated carbocycles. The van der Waals surface area contributed by atoms with Gasteiger partial charge in [0.1, 0.15) is 0 Å². The minimum absolute atomic E-state index is 0.125. The highest BCUT2D eigenvalue weighted by Crippen LogP contribution is 2.46. The molecule has 3 nitrogen and oxygen atoms in total. The summed E-state index contributed by atoms with van der Waals surface area (Å²) in [7, 11) is 0. The third-order valence-corrected chi connectivity index (χ3v) is 3.07. The van der Waals surface area contributed by atoms with Crippen LogP contribution < -0.4 is 0 Å². The Hall–Kier alpha value is -1.38. The molecule has 0 atom stereocenters. The standard InChI is InChI=1S/C11H13NO2/c13-10(14)7-11(4-2-5-11)9-3-1-6-12-8-9/h1,3,6,8H,2,4-5,7H2,(H,13,14). The molecule has 0 aliphatic heterocycles. The van der Waals surface area contributed by atoms with E-state index in [1.165, 1.54) is 0 Å². The molecule has 3 heteroatoms. The first-order chi connectivity index (χ1) is 6.73. The van der Waals surface area contributed by atoms with Crippen molar-refractivity contribution in [1.82, 2.24) is 4.98 Å². The quantitative estimate of drug-likeness (QED) is 0.794. The molecule has 1 aliphatic carbocycles. The molecule has 1 N–H and O–H groups in total. The van der Waals surface area contributed by atoms with Crippen LogP contribution in [-0.4, -0.2) is 16.1 Å². The molecule has 1 aromatic rings. The van der Waals surface area contributed by atoms with Gasteiger partial charge < -0.3 is 5.11 Å². The monoisotopic (exact) mass is 191 g/mol. The summed E-state index contributed by atoms with van der Waals surface area (Å²) >= 11 is 0. The van der Waals surface area contributed by atoms with E-state index < -0.39 is 5.97 Å². The summed E-state index contributed by atoms with van der Waals surface area (Å²) < 4.78 is 0. The largest absolute Gasteiger partial charge is 0.481 e.